The summed E-state index contributed by atoms with van der Waals surface area (Å²) in [4.78, 5) is 22.5. The monoisotopic (exact) mass is 410 g/mol. The highest BCUT2D eigenvalue weighted by Crippen LogP contribution is 2.37. The van der Waals surface area contributed by atoms with E-state index in [2.05, 4.69) is 10.3 Å². The van der Waals surface area contributed by atoms with Crippen LogP contribution in [-0.2, 0) is 6.54 Å². The Labute approximate surface area is 179 Å². The Hall–Kier alpha value is -3.93. The second-order valence-electron chi connectivity index (χ2n) is 8.39. The average molecular weight is 410 g/mol. The summed E-state index contributed by atoms with van der Waals surface area (Å²) in [5, 5.41) is 14.3. The van der Waals surface area contributed by atoms with Gasteiger partial charge < -0.3 is 10.4 Å². The minimum atomic E-state index is -0.285. The van der Waals surface area contributed by atoms with Crippen LogP contribution < -0.4 is 10.9 Å². The van der Waals surface area contributed by atoms with Crippen LogP contribution in [0.2, 0.25) is 0 Å². The summed E-state index contributed by atoms with van der Waals surface area (Å²) >= 11 is 0. The van der Waals surface area contributed by atoms with Crippen molar-refractivity contribution in [3.05, 3.63) is 83.4 Å². The molecule has 2 N–H and O–H groups in total. The molecule has 0 saturated carbocycles. The van der Waals surface area contributed by atoms with Crippen LogP contribution in [0.25, 0.3) is 33.5 Å². The van der Waals surface area contributed by atoms with E-state index < -0.39 is 0 Å². The number of aromatic hydroxyl groups is 1. The third kappa shape index (κ3) is 3.36. The molecule has 6 heteroatoms. The maximum Gasteiger partial charge on any atom is 0.263 e. The van der Waals surface area contributed by atoms with Gasteiger partial charge in [0.1, 0.15) is 5.75 Å². The summed E-state index contributed by atoms with van der Waals surface area (Å²) in [5.41, 5.74) is 3.54. The fraction of sp³-hybridized carbons (Fsp3) is 0.160. The van der Waals surface area contributed by atoms with Gasteiger partial charge in [-0.3, -0.25) is 14.3 Å². The van der Waals surface area contributed by atoms with Crippen LogP contribution in [0.3, 0.4) is 0 Å². The molecule has 31 heavy (non-hydrogen) atoms. The fourth-order valence-corrected chi connectivity index (χ4v) is 4.05. The third-order valence-electron chi connectivity index (χ3n) is 5.50. The van der Waals surface area contributed by atoms with E-state index in [1.54, 1.807) is 29.1 Å². The summed E-state index contributed by atoms with van der Waals surface area (Å²) in [6.45, 7) is 4.55. The zero-order valence-electron chi connectivity index (χ0n) is 17.3. The van der Waals surface area contributed by atoms with Gasteiger partial charge in [0.15, 0.2) is 0 Å². The highest BCUT2D eigenvalue weighted by Gasteiger charge is 2.32. The predicted molar refractivity (Wildman–Crippen MR) is 122 cm³/mol. The quantitative estimate of drug-likeness (QED) is 0.518. The molecule has 0 bridgehead atoms. The Balaban J connectivity index is 1.73. The molecular formula is C25H22N4O2. The number of phenols is 1. The van der Waals surface area contributed by atoms with Crippen molar-refractivity contribution < 1.29 is 5.11 Å². The van der Waals surface area contributed by atoms with Crippen LogP contribution >= 0.6 is 0 Å². The van der Waals surface area contributed by atoms with Crippen LogP contribution in [0.1, 0.15) is 13.8 Å². The second-order valence-corrected chi connectivity index (χ2v) is 8.39. The molecule has 0 fully saturated rings. The third-order valence-corrected chi connectivity index (χ3v) is 5.50. The highest BCUT2D eigenvalue weighted by atomic mass is 16.3. The topological polar surface area (TPSA) is 80.0 Å². The molecule has 3 heterocycles. The van der Waals surface area contributed by atoms with E-state index in [9.17, 15) is 9.90 Å². The molecule has 0 atom stereocenters. The first-order valence-corrected chi connectivity index (χ1v) is 10.2. The standard InChI is InChI=1S/C25H22N4O2/c1-25(2)15-29-23(31)21(22(27-24(29)28-25)17-10-12-26-13-11-17)19-9-8-18(14-20(19)30)16-6-4-3-5-7-16/h3-14,30H,15H2,1-2H3,(H,27,28). The van der Waals surface area contributed by atoms with E-state index in [0.29, 0.717) is 29.3 Å². The molecule has 5 rings (SSSR count). The number of hydrogen-bond donors (Lipinski definition) is 2. The number of pyridine rings is 1. The molecular weight excluding hydrogens is 388 g/mol. The van der Waals surface area contributed by atoms with Crippen LogP contribution in [0.15, 0.2) is 77.9 Å². The summed E-state index contributed by atoms with van der Waals surface area (Å²) in [7, 11) is 0. The highest BCUT2D eigenvalue weighted by molar-refractivity contribution is 5.85. The molecule has 4 aromatic rings. The zero-order chi connectivity index (χ0) is 21.6. The van der Waals surface area contributed by atoms with Crippen molar-refractivity contribution in [3.8, 4) is 39.3 Å². The van der Waals surface area contributed by atoms with Crippen molar-refractivity contribution in [3.63, 3.8) is 0 Å². The van der Waals surface area contributed by atoms with Crippen LogP contribution in [0.5, 0.6) is 5.75 Å². The number of hydrogen-bond acceptors (Lipinski definition) is 5. The molecule has 0 saturated heterocycles. The number of nitrogens with zero attached hydrogens (tertiary/aromatic N) is 3. The molecule has 0 amide bonds. The Bertz CT molecular complexity index is 1330. The van der Waals surface area contributed by atoms with Crippen molar-refractivity contribution in [2.45, 2.75) is 25.9 Å². The summed E-state index contributed by atoms with van der Waals surface area (Å²) in [5.74, 6) is 0.576. The smallest absolute Gasteiger partial charge is 0.263 e. The van der Waals surface area contributed by atoms with Crippen molar-refractivity contribution in [2.24, 2.45) is 0 Å². The maximum atomic E-state index is 13.6. The van der Waals surface area contributed by atoms with Gasteiger partial charge in [0.25, 0.3) is 5.56 Å². The van der Waals surface area contributed by atoms with Gasteiger partial charge in [-0.15, -0.1) is 0 Å². The normalized spacial score (nSPS) is 14.1. The molecule has 1 aliphatic heterocycles. The first-order valence-electron chi connectivity index (χ1n) is 10.2. The van der Waals surface area contributed by atoms with E-state index >= 15 is 0 Å². The molecule has 6 nitrogen and oxygen atoms in total. The lowest BCUT2D eigenvalue weighted by molar-refractivity contribution is 0.477. The SMILES string of the molecule is CC1(C)Cn2c(nc(-c3ccncc3)c(-c3ccc(-c4ccccc4)cc3O)c2=O)N1. The van der Waals surface area contributed by atoms with E-state index in [1.165, 1.54) is 0 Å². The van der Waals surface area contributed by atoms with Crippen molar-refractivity contribution >= 4 is 5.95 Å². The summed E-state index contributed by atoms with van der Waals surface area (Å²) in [6, 6.07) is 18.9. The number of aromatic nitrogens is 3. The zero-order valence-corrected chi connectivity index (χ0v) is 17.3. The number of benzene rings is 2. The molecule has 154 valence electrons. The number of nitrogens with one attached hydrogen (secondary N) is 1. The van der Waals surface area contributed by atoms with Crippen molar-refractivity contribution in [2.75, 3.05) is 5.32 Å². The fourth-order valence-electron chi connectivity index (χ4n) is 4.05. The molecule has 2 aromatic carbocycles. The molecule has 0 unspecified atom stereocenters. The number of fused-ring (bicyclic) bond motifs is 1. The predicted octanol–water partition coefficient (Wildman–Crippen LogP) is 4.55. The molecule has 0 spiro atoms. The van der Waals surface area contributed by atoms with Gasteiger partial charge in [-0.1, -0.05) is 36.4 Å². The summed E-state index contributed by atoms with van der Waals surface area (Å²) in [6.07, 6.45) is 3.34. The minimum Gasteiger partial charge on any atom is -0.507 e. The first kappa shape index (κ1) is 19.1. The van der Waals surface area contributed by atoms with Gasteiger partial charge in [-0.05, 0) is 49.2 Å². The maximum absolute atomic E-state index is 13.6. The Morgan fingerprint density at radius 1 is 0.968 bits per heavy atom. The molecule has 0 aliphatic carbocycles. The van der Waals surface area contributed by atoms with Crippen molar-refractivity contribution in [1.29, 1.82) is 0 Å². The van der Waals surface area contributed by atoms with Gasteiger partial charge >= 0.3 is 0 Å². The average Bonchev–Trinajstić information content (AvgIpc) is 3.10. The Morgan fingerprint density at radius 2 is 1.71 bits per heavy atom. The minimum absolute atomic E-state index is 0.0429. The van der Waals surface area contributed by atoms with E-state index in [4.69, 9.17) is 4.98 Å². The lowest BCUT2D eigenvalue weighted by Gasteiger charge is -2.15. The van der Waals surface area contributed by atoms with Crippen molar-refractivity contribution in [1.82, 2.24) is 14.5 Å². The number of rotatable bonds is 3. The van der Waals surface area contributed by atoms with Gasteiger partial charge in [-0.25, -0.2) is 4.98 Å². The van der Waals surface area contributed by atoms with E-state index in [-0.39, 0.29) is 16.8 Å². The number of phenolic OH excluding ortho intramolecular Hbond substituents is 1. The van der Waals surface area contributed by atoms with Gasteiger partial charge in [0.05, 0.1) is 23.3 Å². The first-order chi connectivity index (χ1) is 14.9. The largest absolute Gasteiger partial charge is 0.507 e. The molecule has 1 aliphatic rings. The van der Waals surface area contributed by atoms with Gasteiger partial charge in [0, 0.05) is 23.5 Å². The van der Waals surface area contributed by atoms with E-state index in [1.807, 2.05) is 62.4 Å². The molecule has 2 aromatic heterocycles. The Morgan fingerprint density at radius 3 is 2.42 bits per heavy atom. The lowest BCUT2D eigenvalue weighted by atomic mass is 9.97. The van der Waals surface area contributed by atoms with Gasteiger partial charge in [-0.2, -0.15) is 0 Å². The van der Waals surface area contributed by atoms with Crippen LogP contribution in [-0.4, -0.2) is 25.2 Å². The molecule has 0 radical (unpaired) electrons. The Kier molecular flexibility index (Phi) is 4.36. The van der Waals surface area contributed by atoms with E-state index in [0.717, 1.165) is 16.7 Å². The van der Waals surface area contributed by atoms with Crippen LogP contribution in [0.4, 0.5) is 5.95 Å². The summed E-state index contributed by atoms with van der Waals surface area (Å²) < 4.78 is 1.64. The van der Waals surface area contributed by atoms with Crippen LogP contribution in [0, 0.1) is 0 Å². The van der Waals surface area contributed by atoms with Gasteiger partial charge in [0.2, 0.25) is 5.95 Å². The number of anilines is 1. The second kappa shape index (κ2) is 7.09. The lowest BCUT2D eigenvalue weighted by Crippen LogP contribution is -2.29.